The van der Waals surface area contributed by atoms with E-state index in [0.29, 0.717) is 6.04 Å². The van der Waals surface area contributed by atoms with E-state index in [1.54, 1.807) is 21.6 Å². The summed E-state index contributed by atoms with van der Waals surface area (Å²) in [5.74, 6) is 1.30. The minimum atomic E-state index is 0.633. The predicted octanol–water partition coefficient (Wildman–Crippen LogP) is 3.85. The fourth-order valence-corrected chi connectivity index (χ4v) is 4.47. The molecule has 1 nitrogen and oxygen atoms in total. The van der Waals surface area contributed by atoms with Gasteiger partial charge in [-0.2, -0.15) is 0 Å². The molecule has 1 heterocycles. The van der Waals surface area contributed by atoms with Crippen molar-refractivity contribution in [1.82, 2.24) is 5.32 Å². The van der Waals surface area contributed by atoms with Crippen LogP contribution < -0.4 is 5.32 Å². The van der Waals surface area contributed by atoms with E-state index in [2.05, 4.69) is 29.2 Å². The number of rotatable bonds is 2. The molecule has 1 atom stereocenters. The maximum Gasteiger partial charge on any atom is 0.0334 e. The quantitative estimate of drug-likeness (QED) is 0.865. The summed E-state index contributed by atoms with van der Waals surface area (Å²) in [5.41, 5.74) is 4.89. The highest BCUT2D eigenvalue weighted by atomic mass is 32.2. The van der Waals surface area contributed by atoms with Gasteiger partial charge in [-0.05, 0) is 73.5 Å². The lowest BCUT2D eigenvalue weighted by atomic mass is 9.98. The van der Waals surface area contributed by atoms with Crippen molar-refractivity contribution >= 4 is 11.8 Å². The molecule has 0 saturated heterocycles. The Hall–Kier alpha value is -0.470. The van der Waals surface area contributed by atoms with Crippen molar-refractivity contribution in [1.29, 1.82) is 0 Å². The molecule has 1 unspecified atom stereocenters. The average Bonchev–Trinajstić information content (AvgIpc) is 3.11. The van der Waals surface area contributed by atoms with E-state index in [9.17, 15) is 0 Å². The molecule has 2 heteroatoms. The van der Waals surface area contributed by atoms with E-state index in [1.807, 2.05) is 0 Å². The Morgan fingerprint density at radius 1 is 1.00 bits per heavy atom. The normalized spacial score (nSPS) is 26.6. The van der Waals surface area contributed by atoms with Crippen LogP contribution >= 0.6 is 11.8 Å². The highest BCUT2D eigenvalue weighted by Gasteiger charge is 2.28. The molecule has 1 N–H and O–H groups in total. The summed E-state index contributed by atoms with van der Waals surface area (Å²) in [6.45, 7) is 0. The van der Waals surface area contributed by atoms with E-state index in [0.717, 1.165) is 6.04 Å². The topological polar surface area (TPSA) is 12.0 Å². The number of thioether (sulfide) groups is 1. The molecule has 4 rings (SSSR count). The van der Waals surface area contributed by atoms with Gasteiger partial charge in [0.25, 0.3) is 0 Å². The minimum absolute atomic E-state index is 0.633. The molecular weight excluding hydrogens is 238 g/mol. The number of hydrogen-bond donors (Lipinski definition) is 1. The number of fused-ring (bicyclic) bond motifs is 2. The number of aryl methyl sites for hydroxylation is 2. The van der Waals surface area contributed by atoms with Gasteiger partial charge in [0.1, 0.15) is 0 Å². The molecule has 18 heavy (non-hydrogen) atoms. The smallest absolute Gasteiger partial charge is 0.0334 e. The van der Waals surface area contributed by atoms with Crippen molar-refractivity contribution in [3.8, 4) is 0 Å². The zero-order valence-corrected chi connectivity index (χ0v) is 11.7. The summed E-state index contributed by atoms with van der Waals surface area (Å²) in [6, 6.07) is 6.50. The van der Waals surface area contributed by atoms with E-state index >= 15 is 0 Å². The lowest BCUT2D eigenvalue weighted by Crippen LogP contribution is -2.23. The second-order valence-corrected chi connectivity index (χ2v) is 7.13. The third-order valence-corrected chi connectivity index (χ3v) is 5.67. The SMILES string of the molecule is c1c2c(cc3c1SCCCC3NC1CC1)CCC2. The second-order valence-electron chi connectivity index (χ2n) is 6.00. The third-order valence-electron chi connectivity index (χ3n) is 4.51. The molecular formula is C16H21NS. The molecule has 96 valence electrons. The van der Waals surface area contributed by atoms with Crippen molar-refractivity contribution in [3.63, 3.8) is 0 Å². The van der Waals surface area contributed by atoms with E-state index in [-0.39, 0.29) is 0 Å². The highest BCUT2D eigenvalue weighted by molar-refractivity contribution is 7.99. The Morgan fingerprint density at radius 2 is 1.83 bits per heavy atom. The van der Waals surface area contributed by atoms with Crippen molar-refractivity contribution in [3.05, 3.63) is 28.8 Å². The summed E-state index contributed by atoms with van der Waals surface area (Å²) in [4.78, 5) is 1.58. The molecule has 0 bridgehead atoms. The minimum Gasteiger partial charge on any atom is -0.307 e. The third kappa shape index (κ3) is 2.10. The molecule has 1 aromatic rings. The van der Waals surface area contributed by atoms with Gasteiger partial charge in [-0.3, -0.25) is 0 Å². The van der Waals surface area contributed by atoms with Crippen LogP contribution in [0.1, 0.15) is 54.8 Å². The van der Waals surface area contributed by atoms with Gasteiger partial charge in [-0.15, -0.1) is 11.8 Å². The van der Waals surface area contributed by atoms with Crippen LogP contribution in [0, 0.1) is 0 Å². The summed E-state index contributed by atoms with van der Waals surface area (Å²) in [6.07, 6.45) is 9.45. The van der Waals surface area contributed by atoms with Crippen molar-refractivity contribution in [2.45, 2.75) is 61.9 Å². The number of benzene rings is 1. The van der Waals surface area contributed by atoms with Crippen LogP contribution in [0.4, 0.5) is 0 Å². The molecule has 0 spiro atoms. The molecule has 1 aromatic carbocycles. The first-order valence-corrected chi connectivity index (χ1v) is 8.43. The Balaban J connectivity index is 1.71. The van der Waals surface area contributed by atoms with Crippen molar-refractivity contribution in [2.24, 2.45) is 0 Å². The summed E-state index contributed by atoms with van der Waals surface area (Å²) in [7, 11) is 0. The Labute approximate surface area is 114 Å². The fourth-order valence-electron chi connectivity index (χ4n) is 3.35. The van der Waals surface area contributed by atoms with Gasteiger partial charge < -0.3 is 5.32 Å². The molecule has 1 aliphatic heterocycles. The maximum absolute atomic E-state index is 3.87. The summed E-state index contributed by atoms with van der Waals surface area (Å²) in [5, 5.41) is 3.87. The fraction of sp³-hybridized carbons (Fsp3) is 0.625. The van der Waals surface area contributed by atoms with Crippen LogP contribution in [0.3, 0.4) is 0 Å². The van der Waals surface area contributed by atoms with Crippen LogP contribution in [0.15, 0.2) is 17.0 Å². The molecule has 1 fully saturated rings. The zero-order valence-electron chi connectivity index (χ0n) is 10.9. The van der Waals surface area contributed by atoms with Gasteiger partial charge in [0.15, 0.2) is 0 Å². The van der Waals surface area contributed by atoms with Crippen LogP contribution in [0.5, 0.6) is 0 Å². The van der Waals surface area contributed by atoms with Crippen LogP contribution in [0.25, 0.3) is 0 Å². The van der Waals surface area contributed by atoms with Crippen LogP contribution in [-0.2, 0) is 12.8 Å². The largest absolute Gasteiger partial charge is 0.307 e. The van der Waals surface area contributed by atoms with Gasteiger partial charge in [0, 0.05) is 17.0 Å². The Kier molecular flexibility index (Phi) is 2.89. The van der Waals surface area contributed by atoms with Gasteiger partial charge in [-0.1, -0.05) is 6.07 Å². The molecule has 2 aliphatic carbocycles. The van der Waals surface area contributed by atoms with E-state index in [1.165, 1.54) is 50.7 Å². The average molecular weight is 259 g/mol. The standard InChI is InChI=1S/C16H21NS/c1-3-11-9-14-15(17-13-6-7-13)5-2-8-18-16(14)10-12(11)4-1/h9-10,13,15,17H,1-8H2. The highest BCUT2D eigenvalue weighted by Crippen LogP contribution is 2.39. The first-order valence-electron chi connectivity index (χ1n) is 7.45. The van der Waals surface area contributed by atoms with Crippen molar-refractivity contribution in [2.75, 3.05) is 5.75 Å². The zero-order chi connectivity index (χ0) is 11.9. The molecule has 3 aliphatic rings. The van der Waals surface area contributed by atoms with E-state index in [4.69, 9.17) is 0 Å². The first-order chi connectivity index (χ1) is 8.90. The van der Waals surface area contributed by atoms with Crippen molar-refractivity contribution < 1.29 is 0 Å². The number of hydrogen-bond acceptors (Lipinski definition) is 2. The summed E-state index contributed by atoms with van der Waals surface area (Å²) >= 11 is 2.09. The van der Waals surface area contributed by atoms with Gasteiger partial charge >= 0.3 is 0 Å². The Morgan fingerprint density at radius 3 is 2.67 bits per heavy atom. The number of nitrogens with one attached hydrogen (secondary N) is 1. The lowest BCUT2D eigenvalue weighted by molar-refractivity contribution is 0.490. The Bertz CT molecular complexity index is 464. The lowest BCUT2D eigenvalue weighted by Gasteiger charge is -2.20. The van der Waals surface area contributed by atoms with Gasteiger partial charge in [0.2, 0.25) is 0 Å². The monoisotopic (exact) mass is 259 g/mol. The van der Waals surface area contributed by atoms with Crippen LogP contribution in [0.2, 0.25) is 0 Å². The molecule has 0 amide bonds. The van der Waals surface area contributed by atoms with Gasteiger partial charge in [0.05, 0.1) is 0 Å². The molecule has 0 radical (unpaired) electrons. The second kappa shape index (κ2) is 4.57. The summed E-state index contributed by atoms with van der Waals surface area (Å²) < 4.78 is 0. The molecule has 0 aromatic heterocycles. The molecule has 1 saturated carbocycles. The van der Waals surface area contributed by atoms with Crippen LogP contribution in [-0.4, -0.2) is 11.8 Å². The predicted molar refractivity (Wildman–Crippen MR) is 77.3 cm³/mol. The van der Waals surface area contributed by atoms with E-state index < -0.39 is 0 Å². The first kappa shape index (κ1) is 11.4. The van der Waals surface area contributed by atoms with Gasteiger partial charge in [-0.25, -0.2) is 0 Å². The maximum atomic E-state index is 3.87.